The third-order valence-electron chi connectivity index (χ3n) is 3.63. The topological polar surface area (TPSA) is 51.0 Å². The summed E-state index contributed by atoms with van der Waals surface area (Å²) in [4.78, 5) is 0. The molecule has 4 nitrogen and oxygen atoms in total. The standard InChI is InChI=1S/C15H21NO3/c1-3-4-13-9-14(15(16-17)10-19-13)11-5-7-12(18-2)8-6-11/h5-8,13-14,17H,3-4,9-10H2,1-2H3/b16-15+/t13-,14+/m1/s1. The van der Waals surface area contributed by atoms with Gasteiger partial charge in [-0.3, -0.25) is 0 Å². The Morgan fingerprint density at radius 3 is 2.68 bits per heavy atom. The molecule has 4 heteroatoms. The lowest BCUT2D eigenvalue weighted by Crippen LogP contribution is -2.32. The van der Waals surface area contributed by atoms with Gasteiger partial charge in [-0.15, -0.1) is 0 Å². The van der Waals surface area contributed by atoms with Crippen molar-refractivity contribution in [3.63, 3.8) is 0 Å². The first kappa shape index (κ1) is 13.9. The summed E-state index contributed by atoms with van der Waals surface area (Å²) in [5, 5.41) is 12.5. The fraction of sp³-hybridized carbons (Fsp3) is 0.533. The molecule has 1 aromatic rings. The van der Waals surface area contributed by atoms with E-state index in [1.54, 1.807) is 7.11 Å². The van der Waals surface area contributed by atoms with Crippen molar-refractivity contribution in [2.75, 3.05) is 13.7 Å². The molecule has 0 aromatic heterocycles. The van der Waals surface area contributed by atoms with E-state index >= 15 is 0 Å². The summed E-state index contributed by atoms with van der Waals surface area (Å²) in [6, 6.07) is 7.94. The summed E-state index contributed by atoms with van der Waals surface area (Å²) in [6.45, 7) is 2.57. The Kier molecular flexibility index (Phi) is 4.80. The van der Waals surface area contributed by atoms with Crippen LogP contribution in [0.15, 0.2) is 29.4 Å². The van der Waals surface area contributed by atoms with Crippen molar-refractivity contribution >= 4 is 5.71 Å². The predicted molar refractivity (Wildman–Crippen MR) is 74.2 cm³/mol. The molecule has 1 saturated heterocycles. The summed E-state index contributed by atoms with van der Waals surface area (Å²) in [5.41, 5.74) is 1.86. The van der Waals surface area contributed by atoms with Crippen LogP contribution in [0.3, 0.4) is 0 Å². The van der Waals surface area contributed by atoms with E-state index in [1.165, 1.54) is 0 Å². The van der Waals surface area contributed by atoms with Crippen molar-refractivity contribution in [2.24, 2.45) is 5.16 Å². The van der Waals surface area contributed by atoms with Crippen LogP contribution in [-0.2, 0) is 4.74 Å². The molecule has 1 aliphatic heterocycles. The molecule has 0 aliphatic carbocycles. The van der Waals surface area contributed by atoms with Crippen LogP contribution in [0, 0.1) is 0 Å². The second kappa shape index (κ2) is 6.57. The summed E-state index contributed by atoms with van der Waals surface area (Å²) in [7, 11) is 1.65. The lowest BCUT2D eigenvalue weighted by molar-refractivity contribution is 0.0480. The maximum Gasteiger partial charge on any atom is 0.118 e. The molecule has 1 fully saturated rings. The first-order chi connectivity index (χ1) is 9.28. The second-order valence-corrected chi connectivity index (χ2v) is 4.87. The molecule has 1 aromatic carbocycles. The van der Waals surface area contributed by atoms with Gasteiger partial charge in [0.25, 0.3) is 0 Å². The van der Waals surface area contributed by atoms with Gasteiger partial charge in [-0.1, -0.05) is 30.6 Å². The number of benzene rings is 1. The third-order valence-corrected chi connectivity index (χ3v) is 3.63. The maximum atomic E-state index is 9.12. The minimum absolute atomic E-state index is 0.140. The van der Waals surface area contributed by atoms with Gasteiger partial charge in [0.2, 0.25) is 0 Å². The van der Waals surface area contributed by atoms with Crippen molar-refractivity contribution in [3.8, 4) is 5.75 Å². The Balaban J connectivity index is 2.17. The monoisotopic (exact) mass is 263 g/mol. The molecule has 104 valence electrons. The Morgan fingerprint density at radius 2 is 2.11 bits per heavy atom. The van der Waals surface area contributed by atoms with Crippen molar-refractivity contribution in [1.82, 2.24) is 0 Å². The van der Waals surface area contributed by atoms with Crippen molar-refractivity contribution in [3.05, 3.63) is 29.8 Å². The Labute approximate surface area is 114 Å². The lowest BCUT2D eigenvalue weighted by atomic mass is 9.86. The normalized spacial score (nSPS) is 25.5. The van der Waals surface area contributed by atoms with E-state index < -0.39 is 0 Å². The highest BCUT2D eigenvalue weighted by atomic mass is 16.5. The van der Waals surface area contributed by atoms with E-state index in [2.05, 4.69) is 12.1 Å². The van der Waals surface area contributed by atoms with E-state index in [4.69, 9.17) is 14.7 Å². The molecule has 0 radical (unpaired) electrons. The number of hydrogen-bond donors (Lipinski definition) is 1. The zero-order chi connectivity index (χ0) is 13.7. The molecule has 2 atom stereocenters. The van der Waals surface area contributed by atoms with Gasteiger partial charge in [-0.2, -0.15) is 0 Å². The molecule has 0 unspecified atom stereocenters. The average Bonchev–Trinajstić information content (AvgIpc) is 2.47. The van der Waals surface area contributed by atoms with E-state index in [0.29, 0.717) is 12.3 Å². The van der Waals surface area contributed by atoms with Crippen molar-refractivity contribution in [2.45, 2.75) is 38.2 Å². The van der Waals surface area contributed by atoms with Crippen LogP contribution < -0.4 is 4.74 Å². The molecule has 2 rings (SSSR count). The number of nitrogens with zero attached hydrogens (tertiary/aromatic N) is 1. The third kappa shape index (κ3) is 3.26. The van der Waals surface area contributed by atoms with Gasteiger partial charge in [0.1, 0.15) is 5.75 Å². The summed E-state index contributed by atoms with van der Waals surface area (Å²) in [5.74, 6) is 0.976. The second-order valence-electron chi connectivity index (χ2n) is 4.87. The van der Waals surface area contributed by atoms with Gasteiger partial charge < -0.3 is 14.7 Å². The first-order valence-electron chi connectivity index (χ1n) is 6.74. The van der Waals surface area contributed by atoms with Crippen molar-refractivity contribution in [1.29, 1.82) is 0 Å². The van der Waals surface area contributed by atoms with Gasteiger partial charge in [0.05, 0.1) is 25.5 Å². The molecular formula is C15H21NO3. The molecule has 19 heavy (non-hydrogen) atoms. The summed E-state index contributed by atoms with van der Waals surface area (Å²) >= 11 is 0. The van der Waals surface area contributed by atoms with Crippen LogP contribution in [0.4, 0.5) is 0 Å². The Morgan fingerprint density at radius 1 is 1.37 bits per heavy atom. The van der Waals surface area contributed by atoms with Crippen molar-refractivity contribution < 1.29 is 14.7 Å². The molecule has 1 heterocycles. The molecule has 1 aliphatic rings. The number of methoxy groups -OCH3 is 1. The van der Waals surface area contributed by atoms with Crippen LogP contribution in [0.25, 0.3) is 0 Å². The van der Waals surface area contributed by atoms with Crippen LogP contribution in [0.1, 0.15) is 37.7 Å². The van der Waals surface area contributed by atoms with Crippen LogP contribution in [-0.4, -0.2) is 30.7 Å². The van der Waals surface area contributed by atoms with Crippen LogP contribution in [0.5, 0.6) is 5.75 Å². The van der Waals surface area contributed by atoms with Gasteiger partial charge in [0.15, 0.2) is 0 Å². The number of hydrogen-bond acceptors (Lipinski definition) is 4. The minimum Gasteiger partial charge on any atom is -0.497 e. The minimum atomic E-state index is 0.140. The fourth-order valence-electron chi connectivity index (χ4n) is 2.56. The van der Waals surface area contributed by atoms with Gasteiger partial charge in [-0.05, 0) is 30.5 Å². The van der Waals surface area contributed by atoms with E-state index in [-0.39, 0.29) is 12.0 Å². The summed E-state index contributed by atoms with van der Waals surface area (Å²) < 4.78 is 10.9. The highest BCUT2D eigenvalue weighted by Crippen LogP contribution is 2.31. The van der Waals surface area contributed by atoms with E-state index in [9.17, 15) is 0 Å². The molecule has 0 amide bonds. The highest BCUT2D eigenvalue weighted by molar-refractivity contribution is 5.92. The van der Waals surface area contributed by atoms with Crippen LogP contribution in [0.2, 0.25) is 0 Å². The predicted octanol–water partition coefficient (Wildman–Crippen LogP) is 3.20. The SMILES string of the molecule is CCC[C@@H]1C[C@@H](c2ccc(OC)cc2)/C(=N/O)CO1. The van der Waals surface area contributed by atoms with E-state index in [0.717, 1.165) is 30.6 Å². The molecule has 0 saturated carbocycles. The average molecular weight is 263 g/mol. The Hall–Kier alpha value is -1.55. The molecule has 0 bridgehead atoms. The number of rotatable bonds is 4. The largest absolute Gasteiger partial charge is 0.497 e. The van der Waals surface area contributed by atoms with Gasteiger partial charge >= 0.3 is 0 Å². The zero-order valence-electron chi connectivity index (χ0n) is 11.5. The summed E-state index contributed by atoms with van der Waals surface area (Å²) in [6.07, 6.45) is 3.28. The van der Waals surface area contributed by atoms with Gasteiger partial charge in [0, 0.05) is 5.92 Å². The number of oxime groups is 1. The number of ether oxygens (including phenoxy) is 2. The highest BCUT2D eigenvalue weighted by Gasteiger charge is 2.29. The zero-order valence-corrected chi connectivity index (χ0v) is 11.5. The molecular weight excluding hydrogens is 242 g/mol. The first-order valence-corrected chi connectivity index (χ1v) is 6.74. The van der Waals surface area contributed by atoms with Gasteiger partial charge in [-0.25, -0.2) is 0 Å². The fourth-order valence-corrected chi connectivity index (χ4v) is 2.56. The maximum absolute atomic E-state index is 9.12. The lowest BCUT2D eigenvalue weighted by Gasteiger charge is -2.30. The van der Waals surface area contributed by atoms with Crippen LogP contribution >= 0.6 is 0 Å². The Bertz CT molecular complexity index is 428. The molecule has 1 N–H and O–H groups in total. The van der Waals surface area contributed by atoms with E-state index in [1.807, 2.05) is 24.3 Å². The molecule has 0 spiro atoms. The quantitative estimate of drug-likeness (QED) is 0.670. The smallest absolute Gasteiger partial charge is 0.118 e.